The van der Waals surface area contributed by atoms with E-state index in [9.17, 15) is 4.79 Å². The zero-order chi connectivity index (χ0) is 21.6. The van der Waals surface area contributed by atoms with Crippen molar-refractivity contribution in [1.82, 2.24) is 9.88 Å². The van der Waals surface area contributed by atoms with E-state index in [1.165, 1.54) is 0 Å². The van der Waals surface area contributed by atoms with Crippen molar-refractivity contribution in [1.29, 1.82) is 0 Å². The molecule has 0 saturated carbocycles. The molecule has 1 aromatic heterocycles. The predicted octanol–water partition coefficient (Wildman–Crippen LogP) is 3.59. The van der Waals surface area contributed by atoms with Gasteiger partial charge in [-0.05, 0) is 24.3 Å². The fourth-order valence-electron chi connectivity index (χ4n) is 3.56. The first-order valence-corrected chi connectivity index (χ1v) is 11.0. The molecule has 8 heteroatoms. The second kappa shape index (κ2) is 9.80. The standard InChI is InChI=1S/C23H26N4O3S/c1-29-18-7-5-6-17(14-18)20-16-31-23(25-20)27-12-10-26(11-13-27)15-22(28)24-19-8-3-4-9-21(19)30-2/h3-9,14,16H,10-13,15H2,1-2H3,(H,24,28). The van der Waals surface area contributed by atoms with E-state index in [4.69, 9.17) is 14.5 Å². The van der Waals surface area contributed by atoms with Crippen LogP contribution in [-0.2, 0) is 4.79 Å². The van der Waals surface area contributed by atoms with Crippen LogP contribution < -0.4 is 19.7 Å². The minimum absolute atomic E-state index is 0.0347. The molecule has 2 aromatic carbocycles. The predicted molar refractivity (Wildman–Crippen MR) is 124 cm³/mol. The van der Waals surface area contributed by atoms with Crippen molar-refractivity contribution in [2.75, 3.05) is 57.2 Å². The molecule has 162 valence electrons. The lowest BCUT2D eigenvalue weighted by Gasteiger charge is -2.34. The lowest BCUT2D eigenvalue weighted by molar-refractivity contribution is -0.117. The minimum atomic E-state index is -0.0347. The van der Waals surface area contributed by atoms with Crippen molar-refractivity contribution in [3.63, 3.8) is 0 Å². The molecule has 1 fully saturated rings. The molecule has 0 aliphatic carbocycles. The van der Waals surface area contributed by atoms with E-state index in [1.807, 2.05) is 48.5 Å². The summed E-state index contributed by atoms with van der Waals surface area (Å²) in [6.07, 6.45) is 0. The van der Waals surface area contributed by atoms with E-state index >= 15 is 0 Å². The third-order valence-corrected chi connectivity index (χ3v) is 6.15. The van der Waals surface area contributed by atoms with Crippen molar-refractivity contribution >= 4 is 28.1 Å². The number of hydrogen-bond donors (Lipinski definition) is 1. The van der Waals surface area contributed by atoms with E-state index in [0.717, 1.165) is 48.3 Å². The summed E-state index contributed by atoms with van der Waals surface area (Å²) >= 11 is 1.65. The zero-order valence-corrected chi connectivity index (χ0v) is 18.5. The summed E-state index contributed by atoms with van der Waals surface area (Å²) in [5.41, 5.74) is 2.70. The largest absolute Gasteiger partial charge is 0.497 e. The number of rotatable bonds is 7. The normalized spacial score (nSPS) is 14.3. The third kappa shape index (κ3) is 5.15. The van der Waals surface area contributed by atoms with Crippen molar-refractivity contribution < 1.29 is 14.3 Å². The van der Waals surface area contributed by atoms with E-state index in [0.29, 0.717) is 18.0 Å². The van der Waals surface area contributed by atoms with Crippen LogP contribution in [0.3, 0.4) is 0 Å². The summed E-state index contributed by atoms with van der Waals surface area (Å²) in [4.78, 5) is 21.7. The second-order valence-electron chi connectivity index (χ2n) is 7.26. The van der Waals surface area contributed by atoms with Gasteiger partial charge < -0.3 is 19.7 Å². The lowest BCUT2D eigenvalue weighted by Crippen LogP contribution is -2.48. The molecule has 4 rings (SSSR count). The molecule has 1 N–H and O–H groups in total. The van der Waals surface area contributed by atoms with Gasteiger partial charge >= 0.3 is 0 Å². The van der Waals surface area contributed by atoms with Gasteiger partial charge in [0.05, 0.1) is 32.1 Å². The average Bonchev–Trinajstić information content (AvgIpc) is 3.30. The minimum Gasteiger partial charge on any atom is -0.497 e. The number of piperazine rings is 1. The molecule has 0 spiro atoms. The van der Waals surface area contributed by atoms with E-state index < -0.39 is 0 Å². The number of benzene rings is 2. The Bertz CT molecular complexity index is 1030. The Hall–Kier alpha value is -3.10. The molecular formula is C23H26N4O3S. The monoisotopic (exact) mass is 438 g/mol. The van der Waals surface area contributed by atoms with Crippen LogP contribution in [0.1, 0.15) is 0 Å². The molecule has 3 aromatic rings. The highest BCUT2D eigenvalue weighted by Gasteiger charge is 2.21. The van der Waals surface area contributed by atoms with Crippen LogP contribution in [0.15, 0.2) is 53.9 Å². The van der Waals surface area contributed by atoms with Crippen molar-refractivity contribution in [2.45, 2.75) is 0 Å². The zero-order valence-electron chi connectivity index (χ0n) is 17.7. The summed E-state index contributed by atoms with van der Waals surface area (Å²) in [5.74, 6) is 1.45. The number of carbonyl (C=O) groups is 1. The maximum absolute atomic E-state index is 12.5. The number of nitrogens with one attached hydrogen (secondary N) is 1. The molecule has 2 heterocycles. The Kier molecular flexibility index (Phi) is 6.69. The molecule has 0 radical (unpaired) electrons. The van der Waals surface area contributed by atoms with Crippen LogP contribution >= 0.6 is 11.3 Å². The summed E-state index contributed by atoms with van der Waals surface area (Å²) in [7, 11) is 3.27. The van der Waals surface area contributed by atoms with Crippen LogP contribution in [0.4, 0.5) is 10.8 Å². The summed E-state index contributed by atoms with van der Waals surface area (Å²) in [6, 6.07) is 15.4. The maximum atomic E-state index is 12.5. The van der Waals surface area contributed by atoms with Gasteiger partial charge in [0, 0.05) is 37.1 Å². The highest BCUT2D eigenvalue weighted by atomic mass is 32.1. The number of nitrogens with zero attached hydrogens (tertiary/aromatic N) is 3. The fourth-order valence-corrected chi connectivity index (χ4v) is 4.45. The summed E-state index contributed by atoms with van der Waals surface area (Å²) < 4.78 is 10.6. The van der Waals surface area contributed by atoms with Crippen LogP contribution in [0.25, 0.3) is 11.3 Å². The Labute approximate surface area is 186 Å². The fraction of sp³-hybridized carbons (Fsp3) is 0.304. The van der Waals surface area contributed by atoms with Crippen LogP contribution in [0.5, 0.6) is 11.5 Å². The highest BCUT2D eigenvalue weighted by molar-refractivity contribution is 7.14. The molecule has 31 heavy (non-hydrogen) atoms. The Balaban J connectivity index is 1.31. The van der Waals surface area contributed by atoms with Crippen molar-refractivity contribution in [3.05, 3.63) is 53.9 Å². The number of carbonyl (C=O) groups excluding carboxylic acids is 1. The number of amides is 1. The topological polar surface area (TPSA) is 66.9 Å². The summed E-state index contributed by atoms with van der Waals surface area (Å²) in [6.45, 7) is 3.67. The quantitative estimate of drug-likeness (QED) is 0.608. The van der Waals surface area contributed by atoms with Gasteiger partial charge in [0.2, 0.25) is 5.91 Å². The van der Waals surface area contributed by atoms with E-state index in [-0.39, 0.29) is 5.91 Å². The first kappa shape index (κ1) is 21.1. The molecule has 1 saturated heterocycles. The Morgan fingerprint density at radius 1 is 1.06 bits per heavy atom. The number of aromatic nitrogens is 1. The van der Waals surface area contributed by atoms with Gasteiger partial charge in [0.25, 0.3) is 0 Å². The van der Waals surface area contributed by atoms with Crippen LogP contribution in [0, 0.1) is 0 Å². The molecule has 0 unspecified atom stereocenters. The van der Waals surface area contributed by atoms with Crippen LogP contribution in [-0.4, -0.2) is 62.7 Å². The molecular weight excluding hydrogens is 412 g/mol. The summed E-state index contributed by atoms with van der Waals surface area (Å²) in [5, 5.41) is 6.03. The number of anilines is 2. The molecule has 1 amide bonds. The molecule has 1 aliphatic heterocycles. The van der Waals surface area contributed by atoms with Crippen LogP contribution in [0.2, 0.25) is 0 Å². The number of para-hydroxylation sites is 2. The molecule has 0 bridgehead atoms. The average molecular weight is 439 g/mol. The molecule has 1 aliphatic rings. The van der Waals surface area contributed by atoms with Gasteiger partial charge in [-0.1, -0.05) is 24.3 Å². The first-order chi connectivity index (χ1) is 15.2. The first-order valence-electron chi connectivity index (χ1n) is 10.2. The van der Waals surface area contributed by atoms with E-state index in [2.05, 4.69) is 20.5 Å². The number of thiazole rings is 1. The van der Waals surface area contributed by atoms with Gasteiger partial charge in [-0.25, -0.2) is 4.98 Å². The number of ether oxygens (including phenoxy) is 2. The highest BCUT2D eigenvalue weighted by Crippen LogP contribution is 2.30. The van der Waals surface area contributed by atoms with Crippen molar-refractivity contribution in [2.24, 2.45) is 0 Å². The van der Waals surface area contributed by atoms with Crippen molar-refractivity contribution in [3.8, 4) is 22.8 Å². The number of hydrogen-bond acceptors (Lipinski definition) is 7. The lowest BCUT2D eigenvalue weighted by atomic mass is 10.2. The van der Waals surface area contributed by atoms with Gasteiger partial charge in [0.15, 0.2) is 5.13 Å². The maximum Gasteiger partial charge on any atom is 0.238 e. The van der Waals surface area contributed by atoms with Gasteiger partial charge in [-0.3, -0.25) is 9.69 Å². The Morgan fingerprint density at radius 3 is 2.65 bits per heavy atom. The number of methoxy groups -OCH3 is 2. The van der Waals surface area contributed by atoms with Gasteiger partial charge in [-0.2, -0.15) is 0 Å². The SMILES string of the molecule is COc1cccc(-c2csc(N3CCN(CC(=O)Nc4ccccc4OC)CC3)n2)c1. The van der Waals surface area contributed by atoms with E-state index in [1.54, 1.807) is 25.6 Å². The van der Waals surface area contributed by atoms with Gasteiger partial charge in [-0.15, -0.1) is 11.3 Å². The molecule has 7 nitrogen and oxygen atoms in total. The van der Waals surface area contributed by atoms with Gasteiger partial charge in [0.1, 0.15) is 11.5 Å². The smallest absolute Gasteiger partial charge is 0.238 e. The Morgan fingerprint density at radius 2 is 1.87 bits per heavy atom. The third-order valence-electron chi connectivity index (χ3n) is 5.25. The second-order valence-corrected chi connectivity index (χ2v) is 8.10. The molecule has 0 atom stereocenters.